The van der Waals surface area contributed by atoms with Crippen LogP contribution in [0.4, 0.5) is 14.6 Å². The van der Waals surface area contributed by atoms with Crippen LogP contribution in [-0.4, -0.2) is 15.9 Å². The number of halogens is 3. The van der Waals surface area contributed by atoms with E-state index in [2.05, 4.69) is 25.9 Å². The fourth-order valence-corrected chi connectivity index (χ4v) is 1.91. The third-order valence-corrected chi connectivity index (χ3v) is 3.14. The number of anilines is 1. The predicted molar refractivity (Wildman–Crippen MR) is 68.0 cm³/mol. The Morgan fingerprint density at radius 2 is 2.00 bits per heavy atom. The second-order valence-corrected chi connectivity index (χ2v) is 4.37. The summed E-state index contributed by atoms with van der Waals surface area (Å²) in [6.45, 7) is 0. The Hall–Kier alpha value is -2.09. The van der Waals surface area contributed by atoms with E-state index >= 15 is 0 Å². The molecule has 1 amide bonds. The summed E-state index contributed by atoms with van der Waals surface area (Å²) in [5, 5.41) is 0. The van der Waals surface area contributed by atoms with Gasteiger partial charge in [0.05, 0.1) is 10.0 Å². The number of hydrogen-bond donors (Lipinski definition) is 2. The maximum Gasteiger partial charge on any atom is 0.254 e. The average molecular weight is 329 g/mol. The first-order valence-electron chi connectivity index (χ1n) is 4.98. The van der Waals surface area contributed by atoms with Crippen LogP contribution in [0.2, 0.25) is 0 Å². The Morgan fingerprint density at radius 3 is 2.58 bits per heavy atom. The van der Waals surface area contributed by atoms with Crippen molar-refractivity contribution >= 4 is 27.7 Å². The first-order chi connectivity index (χ1) is 8.91. The summed E-state index contributed by atoms with van der Waals surface area (Å²) < 4.78 is 26.3. The molecule has 0 saturated carbocycles. The molecule has 98 valence electrons. The van der Waals surface area contributed by atoms with Crippen LogP contribution in [0.3, 0.4) is 0 Å². The lowest BCUT2D eigenvalue weighted by Gasteiger charge is -2.07. The summed E-state index contributed by atoms with van der Waals surface area (Å²) in [6, 6.07) is 2.23. The smallest absolute Gasteiger partial charge is 0.254 e. The summed E-state index contributed by atoms with van der Waals surface area (Å²) in [6.07, 6.45) is 1.13. The fraction of sp³-hybridized carbons (Fsp3) is 0. The second kappa shape index (κ2) is 4.88. The Morgan fingerprint density at radius 1 is 1.32 bits per heavy atom. The quantitative estimate of drug-likeness (QED) is 0.822. The number of carbonyl (C=O) groups excluding carboxylic acids is 1. The molecule has 2 aromatic rings. The van der Waals surface area contributed by atoms with Gasteiger partial charge in [0.1, 0.15) is 5.82 Å². The van der Waals surface area contributed by atoms with E-state index < -0.39 is 17.5 Å². The topological polar surface area (TPSA) is 94.9 Å². The van der Waals surface area contributed by atoms with Crippen LogP contribution in [0.5, 0.6) is 0 Å². The van der Waals surface area contributed by atoms with Crippen LogP contribution in [0, 0.1) is 11.6 Å². The molecule has 0 spiro atoms. The normalized spacial score (nSPS) is 10.5. The highest BCUT2D eigenvalue weighted by Gasteiger charge is 2.16. The van der Waals surface area contributed by atoms with Crippen molar-refractivity contribution in [2.45, 2.75) is 0 Å². The van der Waals surface area contributed by atoms with Crippen LogP contribution in [0.25, 0.3) is 11.4 Å². The Balaban J connectivity index is 2.58. The molecule has 8 heteroatoms. The molecule has 0 saturated heterocycles. The Kier molecular flexibility index (Phi) is 3.43. The first-order valence-corrected chi connectivity index (χ1v) is 5.77. The van der Waals surface area contributed by atoms with Crippen LogP contribution in [0.15, 0.2) is 22.8 Å². The fourth-order valence-electron chi connectivity index (χ4n) is 1.41. The molecule has 0 radical (unpaired) electrons. The molecular formula is C11H7BrF2N4O. The monoisotopic (exact) mass is 328 g/mol. The Bertz CT molecular complexity index is 678. The van der Waals surface area contributed by atoms with E-state index in [-0.39, 0.29) is 27.2 Å². The van der Waals surface area contributed by atoms with Crippen molar-refractivity contribution in [2.75, 3.05) is 5.73 Å². The van der Waals surface area contributed by atoms with E-state index in [1.54, 1.807) is 0 Å². The van der Waals surface area contributed by atoms with Crippen LogP contribution in [0.1, 0.15) is 10.4 Å². The van der Waals surface area contributed by atoms with Gasteiger partial charge >= 0.3 is 0 Å². The van der Waals surface area contributed by atoms with Crippen molar-refractivity contribution in [1.29, 1.82) is 0 Å². The van der Waals surface area contributed by atoms with Crippen molar-refractivity contribution in [2.24, 2.45) is 5.73 Å². The minimum atomic E-state index is -1.06. The van der Waals surface area contributed by atoms with E-state index in [1.807, 2.05) is 0 Å². The number of primary amides is 1. The number of benzene rings is 1. The molecule has 19 heavy (non-hydrogen) atoms. The van der Waals surface area contributed by atoms with Gasteiger partial charge in [-0.2, -0.15) is 0 Å². The number of nitrogens with two attached hydrogens (primary N) is 2. The number of rotatable bonds is 2. The van der Waals surface area contributed by atoms with E-state index in [9.17, 15) is 13.6 Å². The van der Waals surface area contributed by atoms with Crippen molar-refractivity contribution < 1.29 is 13.6 Å². The lowest BCUT2D eigenvalue weighted by atomic mass is 10.2. The molecule has 0 aliphatic heterocycles. The highest BCUT2D eigenvalue weighted by molar-refractivity contribution is 9.10. The van der Waals surface area contributed by atoms with E-state index in [0.717, 1.165) is 12.3 Å². The maximum absolute atomic E-state index is 13.4. The van der Waals surface area contributed by atoms with Crippen molar-refractivity contribution in [3.05, 3.63) is 40.0 Å². The summed E-state index contributed by atoms with van der Waals surface area (Å²) >= 11 is 2.91. The molecule has 0 atom stereocenters. The molecule has 1 aromatic heterocycles. The zero-order valence-corrected chi connectivity index (χ0v) is 10.9. The highest BCUT2D eigenvalue weighted by Crippen LogP contribution is 2.30. The number of nitrogens with zero attached hydrogens (tertiary/aromatic N) is 2. The molecule has 0 bridgehead atoms. The molecular weight excluding hydrogens is 322 g/mol. The van der Waals surface area contributed by atoms with Gasteiger partial charge < -0.3 is 11.5 Å². The van der Waals surface area contributed by atoms with Crippen LogP contribution in [-0.2, 0) is 0 Å². The molecule has 0 aliphatic carbocycles. The van der Waals surface area contributed by atoms with Crippen molar-refractivity contribution in [3.63, 3.8) is 0 Å². The number of carbonyl (C=O) groups is 1. The zero-order chi connectivity index (χ0) is 14.2. The van der Waals surface area contributed by atoms with Crippen molar-refractivity contribution in [1.82, 2.24) is 9.97 Å². The van der Waals surface area contributed by atoms with Gasteiger partial charge in [-0.3, -0.25) is 4.79 Å². The summed E-state index contributed by atoms with van der Waals surface area (Å²) in [4.78, 5) is 18.7. The van der Waals surface area contributed by atoms with Gasteiger partial charge in [0.25, 0.3) is 5.91 Å². The minimum absolute atomic E-state index is 0.0394. The van der Waals surface area contributed by atoms with Gasteiger partial charge in [-0.05, 0) is 28.1 Å². The molecule has 0 aliphatic rings. The lowest BCUT2D eigenvalue weighted by Crippen LogP contribution is -2.15. The summed E-state index contributed by atoms with van der Waals surface area (Å²) in [5.74, 6) is -2.91. The first kappa shape index (κ1) is 13.3. The summed E-state index contributed by atoms with van der Waals surface area (Å²) in [5.41, 5.74) is 10.8. The highest BCUT2D eigenvalue weighted by atomic mass is 79.9. The number of amides is 1. The van der Waals surface area contributed by atoms with Gasteiger partial charge in [0.15, 0.2) is 17.5 Å². The SMILES string of the molecule is NC(=O)c1cnc(-c2ccc(F)c(F)c2Br)nc1N. The van der Waals surface area contributed by atoms with E-state index in [4.69, 9.17) is 11.5 Å². The summed E-state index contributed by atoms with van der Waals surface area (Å²) in [7, 11) is 0. The molecule has 2 rings (SSSR count). The third-order valence-electron chi connectivity index (χ3n) is 2.36. The van der Waals surface area contributed by atoms with Crippen LogP contribution < -0.4 is 11.5 Å². The minimum Gasteiger partial charge on any atom is -0.383 e. The largest absolute Gasteiger partial charge is 0.383 e. The molecule has 0 fully saturated rings. The number of hydrogen-bond acceptors (Lipinski definition) is 4. The maximum atomic E-state index is 13.4. The molecule has 0 unspecified atom stereocenters. The molecule has 1 aromatic carbocycles. The van der Waals surface area contributed by atoms with Gasteiger partial charge in [-0.15, -0.1) is 0 Å². The molecule has 1 heterocycles. The predicted octanol–water partition coefficient (Wildman–Crippen LogP) is 1.87. The van der Waals surface area contributed by atoms with Gasteiger partial charge in [-0.25, -0.2) is 18.7 Å². The lowest BCUT2D eigenvalue weighted by molar-refractivity contribution is 0.100. The third kappa shape index (κ3) is 2.39. The van der Waals surface area contributed by atoms with Gasteiger partial charge in [0.2, 0.25) is 0 Å². The van der Waals surface area contributed by atoms with Gasteiger partial charge in [0, 0.05) is 11.8 Å². The Labute approximate surface area is 114 Å². The molecule has 4 N–H and O–H groups in total. The van der Waals surface area contributed by atoms with Gasteiger partial charge in [-0.1, -0.05) is 0 Å². The van der Waals surface area contributed by atoms with Crippen molar-refractivity contribution in [3.8, 4) is 11.4 Å². The zero-order valence-electron chi connectivity index (χ0n) is 9.32. The van der Waals surface area contributed by atoms with E-state index in [0.29, 0.717) is 0 Å². The standard InChI is InChI=1S/C11H7BrF2N4O/c12-7-4(1-2-6(13)8(7)14)11-17-3-5(10(16)19)9(15)18-11/h1-3H,(H2,16,19)(H2,15,17,18). The molecule has 5 nitrogen and oxygen atoms in total. The number of aromatic nitrogens is 2. The second-order valence-electron chi connectivity index (χ2n) is 3.58. The number of nitrogen functional groups attached to an aromatic ring is 1. The van der Waals surface area contributed by atoms with Crippen LogP contribution >= 0.6 is 15.9 Å². The average Bonchev–Trinajstić information content (AvgIpc) is 2.35. The van der Waals surface area contributed by atoms with E-state index in [1.165, 1.54) is 6.07 Å².